The first-order valence-electron chi connectivity index (χ1n) is 11.4. The number of hydrogen-bond acceptors (Lipinski definition) is 4. The number of nitrogens with zero attached hydrogens (tertiary/aromatic N) is 1. The lowest BCUT2D eigenvalue weighted by Gasteiger charge is -2.29. The summed E-state index contributed by atoms with van der Waals surface area (Å²) < 4.78 is 27.4. The van der Waals surface area contributed by atoms with E-state index in [0.29, 0.717) is 18.7 Å². The minimum absolute atomic E-state index is 0.0775. The topological polar surface area (TPSA) is 81.7 Å². The molecule has 176 valence electrons. The van der Waals surface area contributed by atoms with Crippen molar-refractivity contribution in [1.82, 2.24) is 15.5 Å². The van der Waals surface area contributed by atoms with Crippen molar-refractivity contribution >= 4 is 11.8 Å². The third kappa shape index (κ3) is 5.94. The predicted octanol–water partition coefficient (Wildman–Crippen LogP) is 2.15. The van der Waals surface area contributed by atoms with Gasteiger partial charge >= 0.3 is 0 Å². The molecule has 3 N–H and O–H groups in total. The lowest BCUT2D eigenvalue weighted by atomic mass is 9.94. The van der Waals surface area contributed by atoms with Crippen molar-refractivity contribution in [3.05, 3.63) is 71.3 Å². The number of likely N-dealkylation sites (tertiary alicyclic amines) is 1. The van der Waals surface area contributed by atoms with Crippen LogP contribution in [0.1, 0.15) is 30.4 Å². The van der Waals surface area contributed by atoms with Gasteiger partial charge in [-0.25, -0.2) is 8.78 Å². The van der Waals surface area contributed by atoms with E-state index in [1.54, 1.807) is 4.90 Å². The summed E-state index contributed by atoms with van der Waals surface area (Å²) in [6.07, 6.45) is 0.895. The van der Waals surface area contributed by atoms with Crippen molar-refractivity contribution in [2.24, 2.45) is 5.92 Å². The highest BCUT2D eigenvalue weighted by Gasteiger charge is 2.37. The van der Waals surface area contributed by atoms with E-state index >= 15 is 0 Å². The van der Waals surface area contributed by atoms with E-state index in [1.165, 1.54) is 12.1 Å². The third-order valence-electron chi connectivity index (χ3n) is 6.43. The van der Waals surface area contributed by atoms with Crippen LogP contribution in [0.2, 0.25) is 0 Å². The van der Waals surface area contributed by atoms with Gasteiger partial charge in [0.15, 0.2) is 0 Å². The van der Waals surface area contributed by atoms with Crippen LogP contribution in [0.4, 0.5) is 8.78 Å². The molecule has 2 fully saturated rings. The molecule has 4 rings (SSSR count). The fourth-order valence-electron chi connectivity index (χ4n) is 4.73. The molecule has 2 heterocycles. The molecule has 2 amide bonds. The van der Waals surface area contributed by atoms with Crippen molar-refractivity contribution in [1.29, 1.82) is 0 Å². The zero-order valence-electron chi connectivity index (χ0n) is 18.3. The second-order valence-corrected chi connectivity index (χ2v) is 8.95. The summed E-state index contributed by atoms with van der Waals surface area (Å²) in [6, 6.07) is 11.8. The Bertz CT molecular complexity index is 962. The standard InChI is InChI=1S/C25H29F2N3O3/c26-19-9-17(10-20(27)13-19)11-22(24(32)21-7-4-8-28-21)29-25(33)18-12-23(31)30(15-18)14-16-5-2-1-3-6-16/h1-3,5-6,9-10,13,18,21-22,24,28,32H,4,7-8,11-12,14-15H2,(H,29,33)/t18-,21-,22+,24-/m1/s1. The number of benzene rings is 2. The van der Waals surface area contributed by atoms with E-state index in [2.05, 4.69) is 10.6 Å². The Morgan fingerprint density at radius 1 is 1.15 bits per heavy atom. The quantitative estimate of drug-likeness (QED) is 0.568. The summed E-state index contributed by atoms with van der Waals surface area (Å²) in [6.45, 7) is 1.49. The third-order valence-corrected chi connectivity index (χ3v) is 6.43. The average Bonchev–Trinajstić information content (AvgIpc) is 3.43. The summed E-state index contributed by atoms with van der Waals surface area (Å²) in [5.41, 5.74) is 1.34. The van der Waals surface area contributed by atoms with Crippen LogP contribution in [-0.4, -0.2) is 53.1 Å². The number of amides is 2. The van der Waals surface area contributed by atoms with Crippen LogP contribution in [0, 0.1) is 17.6 Å². The Balaban J connectivity index is 1.44. The van der Waals surface area contributed by atoms with E-state index in [9.17, 15) is 23.5 Å². The maximum atomic E-state index is 13.7. The number of aliphatic hydroxyl groups is 1. The van der Waals surface area contributed by atoms with Crippen molar-refractivity contribution in [3.63, 3.8) is 0 Å². The smallest absolute Gasteiger partial charge is 0.225 e. The van der Waals surface area contributed by atoms with E-state index < -0.39 is 29.7 Å². The van der Waals surface area contributed by atoms with Gasteiger partial charge in [-0.1, -0.05) is 30.3 Å². The summed E-state index contributed by atoms with van der Waals surface area (Å²) in [4.78, 5) is 27.2. The van der Waals surface area contributed by atoms with Gasteiger partial charge in [0.25, 0.3) is 0 Å². The van der Waals surface area contributed by atoms with Crippen LogP contribution in [-0.2, 0) is 22.6 Å². The van der Waals surface area contributed by atoms with E-state index in [-0.39, 0.29) is 30.7 Å². The molecule has 0 bridgehead atoms. The normalized spacial score (nSPS) is 22.4. The lowest BCUT2D eigenvalue weighted by molar-refractivity contribution is -0.129. The fraction of sp³-hybridized carbons (Fsp3) is 0.440. The predicted molar refractivity (Wildman–Crippen MR) is 119 cm³/mol. The van der Waals surface area contributed by atoms with E-state index in [1.807, 2.05) is 30.3 Å². The zero-order chi connectivity index (χ0) is 23.4. The first kappa shape index (κ1) is 23.3. The Kier molecular flexibility index (Phi) is 7.35. The molecule has 2 aliphatic heterocycles. The Morgan fingerprint density at radius 2 is 1.88 bits per heavy atom. The molecule has 0 spiro atoms. The van der Waals surface area contributed by atoms with Gasteiger partial charge in [-0.2, -0.15) is 0 Å². The van der Waals surface area contributed by atoms with Gasteiger partial charge in [-0.3, -0.25) is 9.59 Å². The van der Waals surface area contributed by atoms with Gasteiger partial charge in [0.1, 0.15) is 11.6 Å². The van der Waals surface area contributed by atoms with Gasteiger partial charge in [0.05, 0.1) is 18.1 Å². The molecule has 2 aromatic rings. The minimum atomic E-state index is -0.930. The van der Waals surface area contributed by atoms with Gasteiger partial charge in [0.2, 0.25) is 11.8 Å². The van der Waals surface area contributed by atoms with Crippen LogP contribution in [0.5, 0.6) is 0 Å². The Labute approximate surface area is 192 Å². The van der Waals surface area contributed by atoms with Gasteiger partial charge in [-0.15, -0.1) is 0 Å². The second-order valence-electron chi connectivity index (χ2n) is 8.95. The first-order valence-corrected chi connectivity index (χ1v) is 11.4. The highest BCUT2D eigenvalue weighted by atomic mass is 19.1. The highest BCUT2D eigenvalue weighted by Crippen LogP contribution is 2.22. The molecule has 8 heteroatoms. The number of halogens is 2. The summed E-state index contributed by atoms with van der Waals surface area (Å²) in [7, 11) is 0. The molecule has 0 unspecified atom stereocenters. The molecule has 2 aliphatic rings. The van der Waals surface area contributed by atoms with Crippen molar-refractivity contribution < 1.29 is 23.5 Å². The molecule has 2 saturated heterocycles. The van der Waals surface area contributed by atoms with Crippen molar-refractivity contribution in [3.8, 4) is 0 Å². The Hall–Kier alpha value is -2.84. The second kappa shape index (κ2) is 10.4. The molecule has 4 atom stereocenters. The number of rotatable bonds is 8. The molecule has 0 radical (unpaired) electrons. The van der Waals surface area contributed by atoms with Crippen molar-refractivity contribution in [2.45, 2.75) is 50.4 Å². The van der Waals surface area contributed by atoms with E-state index in [4.69, 9.17) is 0 Å². The van der Waals surface area contributed by atoms with Crippen LogP contribution >= 0.6 is 0 Å². The fourth-order valence-corrected chi connectivity index (χ4v) is 4.73. The molecule has 0 aromatic heterocycles. The molecule has 6 nitrogen and oxygen atoms in total. The molecule has 33 heavy (non-hydrogen) atoms. The minimum Gasteiger partial charge on any atom is -0.389 e. The number of aliphatic hydroxyl groups excluding tert-OH is 1. The number of carbonyl (C=O) groups is 2. The summed E-state index contributed by atoms with van der Waals surface area (Å²) in [5, 5.41) is 17.1. The zero-order valence-corrected chi connectivity index (χ0v) is 18.3. The van der Waals surface area contributed by atoms with Gasteiger partial charge in [-0.05, 0) is 49.1 Å². The molecule has 2 aromatic carbocycles. The maximum absolute atomic E-state index is 13.7. The number of hydrogen-bond donors (Lipinski definition) is 3. The van der Waals surface area contributed by atoms with Crippen LogP contribution in [0.25, 0.3) is 0 Å². The van der Waals surface area contributed by atoms with Crippen LogP contribution in [0.15, 0.2) is 48.5 Å². The summed E-state index contributed by atoms with van der Waals surface area (Å²) >= 11 is 0. The molecule has 0 saturated carbocycles. The highest BCUT2D eigenvalue weighted by molar-refractivity contribution is 5.89. The van der Waals surface area contributed by atoms with Crippen molar-refractivity contribution in [2.75, 3.05) is 13.1 Å². The van der Waals surface area contributed by atoms with Gasteiger partial charge < -0.3 is 20.6 Å². The summed E-state index contributed by atoms with van der Waals surface area (Å²) in [5.74, 6) is -2.39. The number of nitrogens with one attached hydrogen (secondary N) is 2. The number of carbonyl (C=O) groups excluding carboxylic acids is 2. The van der Waals surface area contributed by atoms with Gasteiger partial charge in [0, 0.05) is 31.6 Å². The van der Waals surface area contributed by atoms with Crippen LogP contribution in [0.3, 0.4) is 0 Å². The maximum Gasteiger partial charge on any atom is 0.225 e. The molecular formula is C25H29F2N3O3. The largest absolute Gasteiger partial charge is 0.389 e. The molecule has 0 aliphatic carbocycles. The SMILES string of the molecule is O=C(N[C@@H](Cc1cc(F)cc(F)c1)[C@H](O)[C@H]1CCCN1)[C@@H]1CC(=O)N(Cc2ccccc2)C1. The molecular weight excluding hydrogens is 428 g/mol. The van der Waals surface area contributed by atoms with E-state index in [0.717, 1.165) is 31.0 Å². The Morgan fingerprint density at radius 3 is 2.55 bits per heavy atom. The first-order chi connectivity index (χ1) is 15.9. The average molecular weight is 458 g/mol. The lowest BCUT2D eigenvalue weighted by Crippen LogP contribution is -2.53. The monoisotopic (exact) mass is 457 g/mol. The van der Waals surface area contributed by atoms with Crippen LogP contribution < -0.4 is 10.6 Å².